The summed E-state index contributed by atoms with van der Waals surface area (Å²) in [4.78, 5) is 2.28. The van der Waals surface area contributed by atoms with Crippen LogP contribution in [0, 0.1) is 5.92 Å². The van der Waals surface area contributed by atoms with Gasteiger partial charge >= 0.3 is 0 Å². The normalized spacial score (nSPS) is 35.0. The number of nitrogens with one attached hydrogen (secondary N) is 2. The van der Waals surface area contributed by atoms with Gasteiger partial charge in [0.1, 0.15) is 0 Å². The van der Waals surface area contributed by atoms with Crippen molar-refractivity contribution >= 4 is 0 Å². The summed E-state index contributed by atoms with van der Waals surface area (Å²) in [6.07, 6.45) is 4.02. The zero-order valence-electron chi connectivity index (χ0n) is 12.1. The molecule has 0 bridgehead atoms. The first kappa shape index (κ1) is 14.3. The molecule has 2 rings (SSSR count). The predicted octanol–water partition coefficient (Wildman–Crippen LogP) is 0.683. The largest absolute Gasteiger partial charge is 0.379 e. The smallest absolute Gasteiger partial charge is 0.0623 e. The summed E-state index contributed by atoms with van der Waals surface area (Å²) in [6.45, 7) is 6.15. The summed E-state index contributed by atoms with van der Waals surface area (Å²) in [5.41, 5.74) is 0. The van der Waals surface area contributed by atoms with E-state index >= 15 is 0 Å². The molecule has 2 N–H and O–H groups in total. The third kappa shape index (κ3) is 3.67. The van der Waals surface area contributed by atoms with Crippen molar-refractivity contribution in [2.24, 2.45) is 5.92 Å². The van der Waals surface area contributed by atoms with E-state index in [0.29, 0.717) is 18.1 Å². The molecule has 18 heavy (non-hydrogen) atoms. The van der Waals surface area contributed by atoms with Gasteiger partial charge in [0.25, 0.3) is 0 Å². The minimum atomic E-state index is 0.563. The number of likely N-dealkylation sites (N-methyl/N-ethyl adjacent to an activating group) is 1. The maximum atomic E-state index is 5.61. The van der Waals surface area contributed by atoms with Gasteiger partial charge in [0, 0.05) is 31.2 Å². The van der Waals surface area contributed by atoms with Crippen LogP contribution in [-0.2, 0) is 4.74 Å². The molecule has 4 nitrogen and oxygen atoms in total. The minimum absolute atomic E-state index is 0.563. The van der Waals surface area contributed by atoms with Crippen LogP contribution >= 0.6 is 0 Å². The summed E-state index contributed by atoms with van der Waals surface area (Å²) in [5, 5.41) is 7.40. The van der Waals surface area contributed by atoms with Crippen LogP contribution < -0.4 is 10.6 Å². The van der Waals surface area contributed by atoms with Crippen molar-refractivity contribution < 1.29 is 4.74 Å². The lowest BCUT2D eigenvalue weighted by Crippen LogP contribution is -2.52. The Morgan fingerprint density at radius 2 is 2.22 bits per heavy atom. The van der Waals surface area contributed by atoms with E-state index in [-0.39, 0.29) is 0 Å². The van der Waals surface area contributed by atoms with Crippen LogP contribution in [-0.4, -0.2) is 63.4 Å². The van der Waals surface area contributed by atoms with Gasteiger partial charge in [-0.1, -0.05) is 6.42 Å². The minimum Gasteiger partial charge on any atom is -0.379 e. The molecule has 1 aliphatic carbocycles. The van der Waals surface area contributed by atoms with E-state index in [9.17, 15) is 0 Å². The number of nitrogens with zero attached hydrogens (tertiary/aromatic N) is 1. The van der Waals surface area contributed by atoms with Crippen molar-refractivity contribution in [2.75, 3.05) is 40.4 Å². The maximum Gasteiger partial charge on any atom is 0.0623 e. The standard InChI is InChI=1S/C14H29N3O/c1-11(17(2)3)9-16-13-6-4-5-12(13)14-10-18-8-7-15-14/h11-16H,4-10H2,1-3H3. The Labute approximate surface area is 111 Å². The van der Waals surface area contributed by atoms with E-state index in [1.165, 1.54) is 19.3 Å². The van der Waals surface area contributed by atoms with Gasteiger partial charge in [-0.2, -0.15) is 0 Å². The average Bonchev–Trinajstić information content (AvgIpc) is 2.85. The van der Waals surface area contributed by atoms with Crippen LogP contribution in [0.5, 0.6) is 0 Å². The molecule has 1 saturated heterocycles. The Morgan fingerprint density at radius 3 is 2.89 bits per heavy atom. The van der Waals surface area contributed by atoms with E-state index in [1.807, 2.05) is 0 Å². The predicted molar refractivity (Wildman–Crippen MR) is 74.9 cm³/mol. The number of hydrogen-bond donors (Lipinski definition) is 2. The summed E-state index contributed by atoms with van der Waals surface area (Å²) in [7, 11) is 4.30. The van der Waals surface area contributed by atoms with Gasteiger partial charge in [0.15, 0.2) is 0 Å². The molecule has 0 aromatic carbocycles. The molecule has 0 aromatic rings. The van der Waals surface area contributed by atoms with E-state index in [0.717, 1.165) is 32.2 Å². The van der Waals surface area contributed by atoms with Crippen molar-refractivity contribution in [3.05, 3.63) is 0 Å². The number of hydrogen-bond acceptors (Lipinski definition) is 4. The zero-order chi connectivity index (χ0) is 13.0. The first-order valence-electron chi connectivity index (χ1n) is 7.39. The molecule has 2 fully saturated rings. The second-order valence-electron chi connectivity index (χ2n) is 6.06. The van der Waals surface area contributed by atoms with Crippen LogP contribution in [0.25, 0.3) is 0 Å². The molecule has 2 aliphatic rings. The molecule has 0 aromatic heterocycles. The van der Waals surface area contributed by atoms with Crippen molar-refractivity contribution in [3.63, 3.8) is 0 Å². The molecular formula is C14H29N3O. The molecule has 4 heteroatoms. The number of ether oxygens (including phenoxy) is 1. The lowest BCUT2D eigenvalue weighted by atomic mass is 9.94. The number of rotatable bonds is 5. The molecule has 4 unspecified atom stereocenters. The van der Waals surface area contributed by atoms with Crippen molar-refractivity contribution in [2.45, 2.75) is 44.3 Å². The Kier molecular flexibility index (Phi) is 5.42. The Hall–Kier alpha value is -0.160. The monoisotopic (exact) mass is 255 g/mol. The average molecular weight is 255 g/mol. The van der Waals surface area contributed by atoms with Gasteiger partial charge in [-0.25, -0.2) is 0 Å². The van der Waals surface area contributed by atoms with Gasteiger partial charge in [0.2, 0.25) is 0 Å². The maximum absolute atomic E-state index is 5.61. The first-order valence-corrected chi connectivity index (χ1v) is 7.39. The fourth-order valence-electron chi connectivity index (χ4n) is 3.09. The van der Waals surface area contributed by atoms with Gasteiger partial charge in [0.05, 0.1) is 13.2 Å². The molecule has 1 aliphatic heterocycles. The SMILES string of the molecule is CC(CNC1CCCC1C1COCCN1)N(C)C. The zero-order valence-corrected chi connectivity index (χ0v) is 12.1. The summed E-state index contributed by atoms with van der Waals surface area (Å²) in [5.74, 6) is 0.750. The van der Waals surface area contributed by atoms with Gasteiger partial charge in [-0.15, -0.1) is 0 Å². The quantitative estimate of drug-likeness (QED) is 0.758. The molecule has 4 atom stereocenters. The molecule has 0 spiro atoms. The first-order chi connectivity index (χ1) is 8.68. The fraction of sp³-hybridized carbons (Fsp3) is 1.00. The Balaban J connectivity index is 1.79. The lowest BCUT2D eigenvalue weighted by Gasteiger charge is -2.34. The van der Waals surface area contributed by atoms with E-state index in [2.05, 4.69) is 36.6 Å². The van der Waals surface area contributed by atoms with Gasteiger partial charge in [-0.3, -0.25) is 0 Å². The highest BCUT2D eigenvalue weighted by Gasteiger charge is 2.34. The topological polar surface area (TPSA) is 36.5 Å². The van der Waals surface area contributed by atoms with Crippen molar-refractivity contribution in [1.29, 1.82) is 0 Å². The molecular weight excluding hydrogens is 226 g/mol. The van der Waals surface area contributed by atoms with Crippen LogP contribution in [0.1, 0.15) is 26.2 Å². The number of morpholine rings is 1. The van der Waals surface area contributed by atoms with E-state index < -0.39 is 0 Å². The molecule has 1 saturated carbocycles. The van der Waals surface area contributed by atoms with Crippen molar-refractivity contribution in [3.8, 4) is 0 Å². The highest BCUT2D eigenvalue weighted by atomic mass is 16.5. The highest BCUT2D eigenvalue weighted by Crippen LogP contribution is 2.29. The molecule has 0 radical (unpaired) electrons. The van der Waals surface area contributed by atoms with Gasteiger partial charge < -0.3 is 20.3 Å². The lowest BCUT2D eigenvalue weighted by molar-refractivity contribution is 0.0521. The fourth-order valence-corrected chi connectivity index (χ4v) is 3.09. The second-order valence-corrected chi connectivity index (χ2v) is 6.06. The summed E-state index contributed by atoms with van der Waals surface area (Å²) in [6, 6.07) is 1.84. The highest BCUT2D eigenvalue weighted by molar-refractivity contribution is 4.92. The Morgan fingerprint density at radius 1 is 1.39 bits per heavy atom. The molecule has 1 heterocycles. The van der Waals surface area contributed by atoms with Crippen LogP contribution in [0.2, 0.25) is 0 Å². The van der Waals surface area contributed by atoms with E-state index in [1.54, 1.807) is 0 Å². The van der Waals surface area contributed by atoms with Gasteiger partial charge in [-0.05, 0) is 39.8 Å². The Bertz CT molecular complexity index is 241. The van der Waals surface area contributed by atoms with Crippen molar-refractivity contribution in [1.82, 2.24) is 15.5 Å². The van der Waals surface area contributed by atoms with Crippen LogP contribution in [0.3, 0.4) is 0 Å². The van der Waals surface area contributed by atoms with E-state index in [4.69, 9.17) is 4.74 Å². The van der Waals surface area contributed by atoms with Crippen LogP contribution in [0.4, 0.5) is 0 Å². The van der Waals surface area contributed by atoms with Crippen LogP contribution in [0.15, 0.2) is 0 Å². The summed E-state index contributed by atoms with van der Waals surface area (Å²) >= 11 is 0. The molecule has 0 amide bonds. The third-order valence-corrected chi connectivity index (χ3v) is 4.59. The second kappa shape index (κ2) is 6.85. The summed E-state index contributed by atoms with van der Waals surface area (Å²) < 4.78 is 5.61. The third-order valence-electron chi connectivity index (χ3n) is 4.59. The molecule has 106 valence electrons.